The molecule has 0 radical (unpaired) electrons. The number of amides is 1. The summed E-state index contributed by atoms with van der Waals surface area (Å²) in [5.74, 6) is 1.26. The van der Waals surface area contributed by atoms with Crippen LogP contribution in [0.4, 0.5) is 0 Å². The number of fused-ring (bicyclic) bond motifs is 1. The van der Waals surface area contributed by atoms with Gasteiger partial charge in [-0.3, -0.25) is 4.79 Å². The van der Waals surface area contributed by atoms with E-state index in [1.54, 1.807) is 25.8 Å². The third-order valence-corrected chi connectivity index (χ3v) is 7.83. The number of benzene rings is 2. The Hall–Kier alpha value is -2.10. The lowest BCUT2D eigenvalue weighted by Crippen LogP contribution is -2.18. The van der Waals surface area contributed by atoms with Crippen molar-refractivity contribution in [1.29, 1.82) is 0 Å². The van der Waals surface area contributed by atoms with E-state index in [9.17, 15) is 13.2 Å². The lowest BCUT2D eigenvalue weighted by molar-refractivity contribution is 0.0997. The largest absolute Gasteiger partial charge is 0.497 e. The fraction of sp³-hybridized carbons (Fsp3) is 0.300. The van der Waals surface area contributed by atoms with Crippen LogP contribution in [-0.4, -0.2) is 43.8 Å². The molecule has 0 fully saturated rings. The molecule has 9 heteroatoms. The average Bonchev–Trinajstić information content (AvgIpc) is 3.08. The van der Waals surface area contributed by atoms with Crippen molar-refractivity contribution in [2.45, 2.75) is 18.4 Å². The minimum atomic E-state index is -3.30. The number of sulfone groups is 1. The molecule has 0 unspecified atom stereocenters. The molecule has 3 aromatic rings. The highest BCUT2D eigenvalue weighted by molar-refractivity contribution is 7.98. The standard InChI is InChI=1S/C20H22N2O4S3/c1-4-29(24,25)16-8-5-14(6-9-16)19(23)21-20-22(11-12-27-3)17-10-7-15(26-2)13-18(17)28-20/h5-10,13H,4,11-12H2,1-3H3. The molecule has 0 aliphatic heterocycles. The van der Waals surface area contributed by atoms with Crippen LogP contribution in [0.5, 0.6) is 5.75 Å². The number of aromatic nitrogens is 1. The summed E-state index contributed by atoms with van der Waals surface area (Å²) in [6.45, 7) is 2.32. The highest BCUT2D eigenvalue weighted by atomic mass is 32.2. The van der Waals surface area contributed by atoms with Gasteiger partial charge in [0.25, 0.3) is 5.91 Å². The third kappa shape index (κ3) is 4.73. The second-order valence-corrected chi connectivity index (χ2v) is 10.5. The van der Waals surface area contributed by atoms with Crippen LogP contribution >= 0.6 is 23.1 Å². The van der Waals surface area contributed by atoms with Gasteiger partial charge in [-0.15, -0.1) is 0 Å². The fourth-order valence-corrected chi connectivity index (χ4v) is 5.12. The van der Waals surface area contributed by atoms with Gasteiger partial charge in [-0.2, -0.15) is 16.8 Å². The number of nitrogens with zero attached hydrogens (tertiary/aromatic N) is 2. The van der Waals surface area contributed by atoms with E-state index in [1.165, 1.54) is 35.6 Å². The predicted octanol–water partition coefficient (Wildman–Crippen LogP) is 3.61. The predicted molar refractivity (Wildman–Crippen MR) is 119 cm³/mol. The van der Waals surface area contributed by atoms with Gasteiger partial charge in [0.05, 0.1) is 28.0 Å². The molecule has 0 spiro atoms. The molecule has 1 amide bonds. The maximum absolute atomic E-state index is 12.7. The van der Waals surface area contributed by atoms with Crippen LogP contribution in [0.25, 0.3) is 10.2 Å². The Morgan fingerprint density at radius 2 is 1.93 bits per heavy atom. The second kappa shape index (κ2) is 9.15. The first kappa shape index (κ1) is 21.6. The Labute approximate surface area is 178 Å². The molecule has 3 rings (SSSR count). The Morgan fingerprint density at radius 1 is 1.21 bits per heavy atom. The van der Waals surface area contributed by atoms with Gasteiger partial charge >= 0.3 is 0 Å². The zero-order chi connectivity index (χ0) is 21.0. The third-order valence-electron chi connectivity index (χ3n) is 4.45. The Bertz CT molecular complexity index is 1190. The van der Waals surface area contributed by atoms with Gasteiger partial charge in [-0.1, -0.05) is 18.3 Å². The van der Waals surface area contributed by atoms with Crippen LogP contribution in [0, 0.1) is 0 Å². The highest BCUT2D eigenvalue weighted by Crippen LogP contribution is 2.23. The van der Waals surface area contributed by atoms with E-state index in [0.29, 0.717) is 10.4 Å². The van der Waals surface area contributed by atoms with Gasteiger partial charge in [0, 0.05) is 17.9 Å². The molecule has 29 heavy (non-hydrogen) atoms. The molecule has 1 heterocycles. The number of ether oxygens (including phenoxy) is 1. The molecule has 0 aliphatic carbocycles. The quantitative estimate of drug-likeness (QED) is 0.550. The van der Waals surface area contributed by atoms with Crippen molar-refractivity contribution >= 4 is 49.1 Å². The molecular formula is C20H22N2O4S3. The summed E-state index contributed by atoms with van der Waals surface area (Å²) in [6, 6.07) is 11.7. The first-order chi connectivity index (χ1) is 13.9. The number of methoxy groups -OCH3 is 1. The van der Waals surface area contributed by atoms with Crippen molar-refractivity contribution in [3.8, 4) is 5.75 Å². The van der Waals surface area contributed by atoms with Crippen LogP contribution in [-0.2, 0) is 16.4 Å². The zero-order valence-electron chi connectivity index (χ0n) is 16.4. The molecule has 0 saturated heterocycles. The number of thioether (sulfide) groups is 1. The van der Waals surface area contributed by atoms with Crippen LogP contribution in [0.1, 0.15) is 17.3 Å². The van der Waals surface area contributed by atoms with Crippen LogP contribution in [0.15, 0.2) is 52.4 Å². The number of hydrogen-bond acceptors (Lipinski definition) is 6. The number of thiazole rings is 1. The minimum Gasteiger partial charge on any atom is -0.497 e. The highest BCUT2D eigenvalue weighted by Gasteiger charge is 2.14. The molecule has 1 aromatic heterocycles. The summed E-state index contributed by atoms with van der Waals surface area (Å²) in [5, 5.41) is 0. The van der Waals surface area contributed by atoms with Crippen molar-refractivity contribution in [1.82, 2.24) is 4.57 Å². The summed E-state index contributed by atoms with van der Waals surface area (Å²) < 4.78 is 32.2. The maximum Gasteiger partial charge on any atom is 0.279 e. The van der Waals surface area contributed by atoms with E-state index >= 15 is 0 Å². The molecule has 154 valence electrons. The maximum atomic E-state index is 12.7. The SMILES string of the molecule is CCS(=O)(=O)c1ccc(C(=O)N=c2sc3cc(OC)ccc3n2CCSC)cc1. The van der Waals surface area contributed by atoms with Gasteiger partial charge in [0.1, 0.15) is 5.75 Å². The first-order valence-electron chi connectivity index (χ1n) is 8.97. The number of carbonyl (C=O) groups is 1. The molecule has 0 N–H and O–H groups in total. The van der Waals surface area contributed by atoms with Crippen molar-refractivity contribution in [3.05, 3.63) is 52.8 Å². The number of hydrogen-bond donors (Lipinski definition) is 0. The number of carbonyl (C=O) groups excluding carboxylic acids is 1. The van der Waals surface area contributed by atoms with E-state index < -0.39 is 15.7 Å². The van der Waals surface area contributed by atoms with Crippen LogP contribution < -0.4 is 9.54 Å². The van der Waals surface area contributed by atoms with Gasteiger partial charge in [-0.05, 0) is 48.7 Å². The van der Waals surface area contributed by atoms with Gasteiger partial charge in [0.2, 0.25) is 0 Å². The first-order valence-corrected chi connectivity index (χ1v) is 12.8. The van der Waals surface area contributed by atoms with Crippen molar-refractivity contribution in [2.24, 2.45) is 4.99 Å². The summed E-state index contributed by atoms with van der Waals surface area (Å²) >= 11 is 3.15. The average molecular weight is 451 g/mol. The van der Waals surface area contributed by atoms with Gasteiger partial charge in [0.15, 0.2) is 14.6 Å². The summed E-state index contributed by atoms with van der Waals surface area (Å²) in [7, 11) is -1.68. The van der Waals surface area contributed by atoms with Gasteiger partial charge < -0.3 is 9.30 Å². The van der Waals surface area contributed by atoms with E-state index in [-0.39, 0.29) is 10.6 Å². The van der Waals surface area contributed by atoms with Gasteiger partial charge in [-0.25, -0.2) is 8.42 Å². The van der Waals surface area contributed by atoms with Crippen molar-refractivity contribution in [2.75, 3.05) is 24.9 Å². The Morgan fingerprint density at radius 3 is 2.55 bits per heavy atom. The summed E-state index contributed by atoms with van der Waals surface area (Å²) in [5.41, 5.74) is 1.35. The van der Waals surface area contributed by atoms with E-state index in [2.05, 4.69) is 4.99 Å². The van der Waals surface area contributed by atoms with Crippen molar-refractivity contribution in [3.63, 3.8) is 0 Å². The molecule has 0 atom stereocenters. The molecule has 0 aliphatic rings. The molecule has 0 bridgehead atoms. The number of aryl methyl sites for hydroxylation is 1. The zero-order valence-corrected chi connectivity index (χ0v) is 18.9. The molecule has 2 aromatic carbocycles. The number of rotatable bonds is 7. The van der Waals surface area contributed by atoms with Crippen LogP contribution in [0.3, 0.4) is 0 Å². The van der Waals surface area contributed by atoms with Crippen molar-refractivity contribution < 1.29 is 17.9 Å². The normalized spacial score (nSPS) is 12.4. The van der Waals surface area contributed by atoms with E-state index in [1.807, 2.05) is 29.0 Å². The second-order valence-electron chi connectivity index (χ2n) is 6.21. The molecule has 0 saturated carbocycles. The molecular weight excluding hydrogens is 428 g/mol. The van der Waals surface area contributed by atoms with E-state index in [0.717, 1.165) is 28.3 Å². The molecule has 6 nitrogen and oxygen atoms in total. The minimum absolute atomic E-state index is 0.0192. The van der Waals surface area contributed by atoms with Crippen LogP contribution in [0.2, 0.25) is 0 Å². The Balaban J connectivity index is 2.03. The lowest BCUT2D eigenvalue weighted by Gasteiger charge is -2.05. The van der Waals surface area contributed by atoms with E-state index in [4.69, 9.17) is 4.74 Å². The lowest BCUT2D eigenvalue weighted by atomic mass is 10.2. The topological polar surface area (TPSA) is 77.7 Å². The summed E-state index contributed by atoms with van der Waals surface area (Å²) in [6.07, 6.45) is 2.03. The summed E-state index contributed by atoms with van der Waals surface area (Å²) in [4.78, 5) is 17.9. The monoisotopic (exact) mass is 450 g/mol. The smallest absolute Gasteiger partial charge is 0.279 e. The Kier molecular flexibility index (Phi) is 6.81. The fourth-order valence-electron chi connectivity index (χ4n) is 2.79.